The van der Waals surface area contributed by atoms with Crippen molar-refractivity contribution in [2.45, 2.75) is 379 Å². The van der Waals surface area contributed by atoms with Gasteiger partial charge in [0, 0.05) is 12.8 Å². The van der Waals surface area contributed by atoms with Crippen LogP contribution in [-0.4, -0.2) is 47.4 Å². The molecule has 2 unspecified atom stereocenters. The topological polar surface area (TPSA) is 95.9 Å². The number of rotatable bonds is 61. The molecule has 1 amide bonds. The molecule has 0 rings (SSSR count). The number of carbonyl (C=O) groups is 2. The van der Waals surface area contributed by atoms with Gasteiger partial charge in [0.2, 0.25) is 5.91 Å². The number of ether oxygens (including phenoxy) is 1. The number of unbranched alkanes of at least 4 members (excludes halogenated alkanes) is 48. The van der Waals surface area contributed by atoms with Crippen molar-refractivity contribution < 1.29 is 24.5 Å². The predicted molar refractivity (Wildman–Crippen MR) is 310 cm³/mol. The molecule has 0 aromatic rings. The average Bonchev–Trinajstić information content (AvgIpc) is 3.37. The van der Waals surface area contributed by atoms with Gasteiger partial charge in [0.1, 0.15) is 0 Å². The van der Waals surface area contributed by atoms with Gasteiger partial charge in [-0.25, -0.2) is 0 Å². The first-order chi connectivity index (χ1) is 35.0. The van der Waals surface area contributed by atoms with Crippen molar-refractivity contribution in [3.8, 4) is 0 Å². The number of amides is 1. The van der Waals surface area contributed by atoms with E-state index in [0.717, 1.165) is 38.5 Å². The molecule has 422 valence electrons. The summed E-state index contributed by atoms with van der Waals surface area (Å²) in [6.45, 7) is 4.97. The summed E-state index contributed by atoms with van der Waals surface area (Å²) in [4.78, 5) is 24.5. The second-order valence-electron chi connectivity index (χ2n) is 22.5. The number of carbonyl (C=O) groups excluding carboxylic acids is 2. The zero-order valence-corrected chi connectivity index (χ0v) is 48.2. The molecular formula is C65H127NO5. The highest BCUT2D eigenvalue weighted by Crippen LogP contribution is 2.18. The first-order valence-electron chi connectivity index (χ1n) is 32.4. The van der Waals surface area contributed by atoms with Crippen molar-refractivity contribution in [3.05, 3.63) is 12.2 Å². The molecule has 6 heteroatoms. The molecule has 0 fully saturated rings. The number of nitrogens with one attached hydrogen (secondary N) is 1. The highest BCUT2D eigenvalue weighted by Gasteiger charge is 2.20. The number of hydrogen-bond donors (Lipinski definition) is 3. The summed E-state index contributed by atoms with van der Waals surface area (Å²) in [5.74, 6) is -0.0132. The molecule has 0 aromatic carbocycles. The van der Waals surface area contributed by atoms with Crippen molar-refractivity contribution in [1.29, 1.82) is 0 Å². The van der Waals surface area contributed by atoms with Gasteiger partial charge in [0.25, 0.3) is 0 Å². The highest BCUT2D eigenvalue weighted by molar-refractivity contribution is 5.76. The van der Waals surface area contributed by atoms with Gasteiger partial charge < -0.3 is 20.3 Å². The van der Waals surface area contributed by atoms with Crippen molar-refractivity contribution in [1.82, 2.24) is 5.32 Å². The van der Waals surface area contributed by atoms with Crippen LogP contribution in [0, 0.1) is 0 Å². The lowest BCUT2D eigenvalue weighted by atomic mass is 10.0. The lowest BCUT2D eigenvalue weighted by Crippen LogP contribution is -2.45. The maximum Gasteiger partial charge on any atom is 0.305 e. The maximum absolute atomic E-state index is 12.4. The van der Waals surface area contributed by atoms with Crippen LogP contribution in [0.25, 0.3) is 0 Å². The Balaban J connectivity index is 3.33. The van der Waals surface area contributed by atoms with E-state index in [9.17, 15) is 19.8 Å². The molecule has 0 saturated carbocycles. The minimum atomic E-state index is -0.660. The van der Waals surface area contributed by atoms with E-state index in [1.807, 2.05) is 0 Å². The second-order valence-corrected chi connectivity index (χ2v) is 22.5. The summed E-state index contributed by atoms with van der Waals surface area (Å²) < 4.78 is 5.48. The van der Waals surface area contributed by atoms with Gasteiger partial charge in [-0.1, -0.05) is 315 Å². The van der Waals surface area contributed by atoms with Crippen LogP contribution >= 0.6 is 0 Å². The lowest BCUT2D eigenvalue weighted by molar-refractivity contribution is -0.143. The fourth-order valence-electron chi connectivity index (χ4n) is 10.3. The Kier molecular flexibility index (Phi) is 59.9. The zero-order chi connectivity index (χ0) is 51.4. The smallest absolute Gasteiger partial charge is 0.305 e. The van der Waals surface area contributed by atoms with E-state index in [1.54, 1.807) is 0 Å². The molecule has 6 nitrogen and oxygen atoms in total. The first-order valence-corrected chi connectivity index (χ1v) is 32.4. The van der Waals surface area contributed by atoms with Crippen LogP contribution in [-0.2, 0) is 14.3 Å². The highest BCUT2D eigenvalue weighted by atomic mass is 16.5. The number of allylic oxidation sites excluding steroid dienone is 2. The zero-order valence-electron chi connectivity index (χ0n) is 48.2. The normalized spacial score (nSPS) is 12.6. The van der Waals surface area contributed by atoms with E-state index in [-0.39, 0.29) is 18.5 Å². The van der Waals surface area contributed by atoms with Gasteiger partial charge in [0.05, 0.1) is 25.4 Å². The summed E-state index contributed by atoms with van der Waals surface area (Å²) in [5.41, 5.74) is 0. The van der Waals surface area contributed by atoms with Crippen LogP contribution in [0.5, 0.6) is 0 Å². The lowest BCUT2D eigenvalue weighted by Gasteiger charge is -2.22. The molecule has 0 spiro atoms. The molecule has 3 N–H and O–H groups in total. The molecule has 0 aliphatic heterocycles. The molecule has 0 bridgehead atoms. The third-order valence-corrected chi connectivity index (χ3v) is 15.3. The van der Waals surface area contributed by atoms with Crippen LogP contribution < -0.4 is 5.32 Å². The average molecular weight is 1000 g/mol. The molecule has 0 saturated heterocycles. The summed E-state index contributed by atoms with van der Waals surface area (Å²) in [6, 6.07) is -0.537. The fraction of sp³-hybridized carbons (Fsp3) is 0.938. The first kappa shape index (κ1) is 69.6. The van der Waals surface area contributed by atoms with Gasteiger partial charge in [-0.15, -0.1) is 0 Å². The Bertz CT molecular complexity index is 1060. The standard InChI is InChI=1S/C65H127NO5/c1-3-5-7-9-11-13-15-39-43-47-51-55-59-65(70)71-60-56-52-48-44-40-36-34-32-30-28-26-24-22-20-18-16-17-19-21-23-25-27-29-31-33-35-38-42-46-50-54-58-64(69)66-62(61-67)63(68)57-53-49-45-41-37-14-12-10-8-6-4-2/h18,20,62-63,67-68H,3-17,19,21-61H2,1-2H3,(H,66,69)/b20-18-. The Labute approximate surface area is 444 Å². The van der Waals surface area contributed by atoms with Gasteiger partial charge in [0.15, 0.2) is 0 Å². The van der Waals surface area contributed by atoms with Gasteiger partial charge in [-0.05, 0) is 51.4 Å². The predicted octanol–water partition coefficient (Wildman–Crippen LogP) is 20.4. The quantitative estimate of drug-likeness (QED) is 0.0320. The maximum atomic E-state index is 12.4. The number of aliphatic hydroxyl groups excluding tert-OH is 2. The fourth-order valence-corrected chi connectivity index (χ4v) is 10.3. The number of hydrogen-bond acceptors (Lipinski definition) is 5. The number of esters is 1. The summed E-state index contributed by atoms with van der Waals surface area (Å²) >= 11 is 0. The van der Waals surface area contributed by atoms with Gasteiger partial charge in [-0.2, -0.15) is 0 Å². The van der Waals surface area contributed by atoms with E-state index < -0.39 is 12.1 Å². The molecule has 0 heterocycles. The number of aliphatic hydroxyl groups is 2. The van der Waals surface area contributed by atoms with Crippen molar-refractivity contribution in [2.24, 2.45) is 0 Å². The third-order valence-electron chi connectivity index (χ3n) is 15.3. The van der Waals surface area contributed by atoms with Crippen molar-refractivity contribution >= 4 is 11.9 Å². The SMILES string of the molecule is CCCCCCCCCCCCCCC(=O)OCCCCCCCCCCCCCC/C=C\CCCCCCCCCCCCCCCCCC(=O)NC(CO)C(O)CCCCCCCCCCCCC. The monoisotopic (exact) mass is 1000 g/mol. The third kappa shape index (κ3) is 57.7. The van der Waals surface area contributed by atoms with E-state index in [1.165, 1.54) is 295 Å². The van der Waals surface area contributed by atoms with E-state index >= 15 is 0 Å². The minimum Gasteiger partial charge on any atom is -0.466 e. The Morgan fingerprint density at radius 3 is 1.00 bits per heavy atom. The van der Waals surface area contributed by atoms with Gasteiger partial charge >= 0.3 is 5.97 Å². The largest absolute Gasteiger partial charge is 0.466 e. The van der Waals surface area contributed by atoms with E-state index in [0.29, 0.717) is 25.9 Å². The van der Waals surface area contributed by atoms with E-state index in [4.69, 9.17) is 4.74 Å². The second kappa shape index (κ2) is 61.1. The Morgan fingerprint density at radius 1 is 0.380 bits per heavy atom. The van der Waals surface area contributed by atoms with Crippen molar-refractivity contribution in [2.75, 3.05) is 13.2 Å². The van der Waals surface area contributed by atoms with Crippen LogP contribution in [0.4, 0.5) is 0 Å². The molecule has 2 atom stereocenters. The molecule has 0 aliphatic rings. The van der Waals surface area contributed by atoms with Crippen LogP contribution in [0.15, 0.2) is 12.2 Å². The van der Waals surface area contributed by atoms with Gasteiger partial charge in [-0.3, -0.25) is 9.59 Å². The Morgan fingerprint density at radius 2 is 0.662 bits per heavy atom. The Hall–Kier alpha value is -1.40. The molecule has 71 heavy (non-hydrogen) atoms. The van der Waals surface area contributed by atoms with E-state index in [2.05, 4.69) is 31.3 Å². The van der Waals surface area contributed by atoms with Crippen LogP contribution in [0.1, 0.15) is 367 Å². The molecule has 0 radical (unpaired) electrons. The molecule has 0 aromatic heterocycles. The van der Waals surface area contributed by atoms with Crippen LogP contribution in [0.3, 0.4) is 0 Å². The minimum absolute atomic E-state index is 0.0189. The van der Waals surface area contributed by atoms with Crippen molar-refractivity contribution in [3.63, 3.8) is 0 Å². The molecule has 0 aliphatic carbocycles. The summed E-state index contributed by atoms with van der Waals surface area (Å²) in [5, 5.41) is 23.2. The van der Waals surface area contributed by atoms with Crippen LogP contribution in [0.2, 0.25) is 0 Å². The summed E-state index contributed by atoms with van der Waals surface area (Å²) in [7, 11) is 0. The molecular weight excluding hydrogens is 875 g/mol. The summed E-state index contributed by atoms with van der Waals surface area (Å²) in [6.07, 6.45) is 73.9.